The largest absolute Gasteiger partial charge is 0.321 e. The Morgan fingerprint density at radius 1 is 0.967 bits per heavy atom. The summed E-state index contributed by atoms with van der Waals surface area (Å²) in [6, 6.07) is 17.2. The molecule has 4 aromatic rings. The number of sulfone groups is 1. The number of pyridine rings is 1. The number of nitrogens with one attached hydrogen (secondary N) is 1. The molecule has 1 amide bonds. The molecule has 152 valence electrons. The Bertz CT molecular complexity index is 1310. The van der Waals surface area contributed by atoms with E-state index in [1.54, 1.807) is 38.5 Å². The van der Waals surface area contributed by atoms with Gasteiger partial charge in [-0.15, -0.1) is 0 Å². The standard InChI is InChI=1S/C22H20N4O3S/c1-15(2)30(28,29)18-10-7-16(8-11-18)22(27)25-17-9-12-21(23-13-17)26-14-24-19-5-3-4-6-20(19)26/h3-15H,1-2H3,(H,25,27). The normalized spacial score (nSPS) is 11.7. The maximum atomic E-state index is 12.5. The van der Waals surface area contributed by atoms with Gasteiger partial charge < -0.3 is 5.32 Å². The number of fused-ring (bicyclic) bond motifs is 1. The van der Waals surface area contributed by atoms with Crippen molar-refractivity contribution < 1.29 is 13.2 Å². The molecule has 4 rings (SSSR count). The minimum Gasteiger partial charge on any atom is -0.321 e. The van der Waals surface area contributed by atoms with E-state index in [4.69, 9.17) is 0 Å². The van der Waals surface area contributed by atoms with E-state index in [2.05, 4.69) is 15.3 Å². The van der Waals surface area contributed by atoms with Crippen molar-refractivity contribution in [2.45, 2.75) is 24.0 Å². The summed E-state index contributed by atoms with van der Waals surface area (Å²) in [5.41, 5.74) is 2.72. The van der Waals surface area contributed by atoms with Crippen LogP contribution in [0.1, 0.15) is 24.2 Å². The lowest BCUT2D eigenvalue weighted by Gasteiger charge is -2.09. The van der Waals surface area contributed by atoms with Gasteiger partial charge in [0.05, 0.1) is 33.1 Å². The highest BCUT2D eigenvalue weighted by molar-refractivity contribution is 7.92. The number of anilines is 1. The van der Waals surface area contributed by atoms with Gasteiger partial charge in [-0.1, -0.05) is 12.1 Å². The number of carbonyl (C=O) groups excluding carboxylic acids is 1. The highest BCUT2D eigenvalue weighted by Gasteiger charge is 2.19. The summed E-state index contributed by atoms with van der Waals surface area (Å²) < 4.78 is 26.3. The Hall–Kier alpha value is -3.52. The van der Waals surface area contributed by atoms with Crippen LogP contribution in [-0.2, 0) is 9.84 Å². The lowest BCUT2D eigenvalue weighted by atomic mass is 10.2. The number of hydrogen-bond donors (Lipinski definition) is 1. The molecule has 1 N–H and O–H groups in total. The van der Waals surface area contributed by atoms with E-state index in [9.17, 15) is 13.2 Å². The van der Waals surface area contributed by atoms with Gasteiger partial charge >= 0.3 is 0 Å². The summed E-state index contributed by atoms with van der Waals surface area (Å²) in [7, 11) is -3.37. The average Bonchev–Trinajstić information content (AvgIpc) is 3.18. The number of amides is 1. The number of benzene rings is 2. The van der Waals surface area contributed by atoms with E-state index < -0.39 is 15.1 Å². The molecule has 0 saturated carbocycles. The molecule has 0 unspecified atom stereocenters. The summed E-state index contributed by atoms with van der Waals surface area (Å²) in [6.45, 7) is 3.25. The van der Waals surface area contributed by atoms with E-state index in [0.717, 1.165) is 11.0 Å². The molecule has 0 bridgehead atoms. The molecule has 0 atom stereocenters. The first-order valence-electron chi connectivity index (χ1n) is 9.40. The number of nitrogens with zero attached hydrogens (tertiary/aromatic N) is 3. The van der Waals surface area contributed by atoms with Crippen molar-refractivity contribution in [3.05, 3.63) is 78.8 Å². The van der Waals surface area contributed by atoms with Crippen molar-refractivity contribution in [2.75, 3.05) is 5.32 Å². The van der Waals surface area contributed by atoms with Crippen molar-refractivity contribution in [2.24, 2.45) is 0 Å². The van der Waals surface area contributed by atoms with Gasteiger partial charge in [-0.2, -0.15) is 0 Å². The third-order valence-electron chi connectivity index (χ3n) is 4.77. The van der Waals surface area contributed by atoms with E-state index in [0.29, 0.717) is 17.1 Å². The first-order valence-corrected chi connectivity index (χ1v) is 10.9. The van der Waals surface area contributed by atoms with Crippen LogP contribution in [0.3, 0.4) is 0 Å². The van der Waals surface area contributed by atoms with Gasteiger partial charge in [-0.25, -0.2) is 18.4 Å². The van der Waals surface area contributed by atoms with Gasteiger partial charge in [0.25, 0.3) is 5.91 Å². The van der Waals surface area contributed by atoms with Crippen molar-refractivity contribution >= 4 is 32.5 Å². The summed E-state index contributed by atoms with van der Waals surface area (Å²) in [4.78, 5) is 21.5. The predicted molar refractivity (Wildman–Crippen MR) is 116 cm³/mol. The fourth-order valence-corrected chi connectivity index (χ4v) is 4.08. The lowest BCUT2D eigenvalue weighted by molar-refractivity contribution is 0.102. The van der Waals surface area contributed by atoms with Crippen LogP contribution in [-0.4, -0.2) is 34.1 Å². The van der Waals surface area contributed by atoms with Gasteiger partial charge in [0.2, 0.25) is 0 Å². The molecule has 2 aromatic carbocycles. The summed E-state index contributed by atoms with van der Waals surface area (Å²) in [5, 5.41) is 2.25. The number of rotatable bonds is 5. The zero-order valence-corrected chi connectivity index (χ0v) is 17.3. The van der Waals surface area contributed by atoms with Crippen LogP contribution in [0.5, 0.6) is 0 Å². The molecule has 30 heavy (non-hydrogen) atoms. The molecule has 0 saturated heterocycles. The van der Waals surface area contributed by atoms with Crippen molar-refractivity contribution in [1.29, 1.82) is 0 Å². The second kappa shape index (κ2) is 7.72. The monoisotopic (exact) mass is 420 g/mol. The highest BCUT2D eigenvalue weighted by Crippen LogP contribution is 2.19. The SMILES string of the molecule is CC(C)S(=O)(=O)c1ccc(C(=O)Nc2ccc(-n3cnc4ccccc43)nc2)cc1. The van der Waals surface area contributed by atoms with Crippen molar-refractivity contribution in [3.8, 4) is 5.82 Å². The first-order chi connectivity index (χ1) is 14.4. The fourth-order valence-electron chi connectivity index (χ4n) is 3.02. The number of para-hydroxylation sites is 2. The topological polar surface area (TPSA) is 94.0 Å². The smallest absolute Gasteiger partial charge is 0.255 e. The van der Waals surface area contributed by atoms with Gasteiger partial charge in [-0.05, 0) is 62.4 Å². The average molecular weight is 420 g/mol. The van der Waals surface area contributed by atoms with Crippen LogP contribution in [0.4, 0.5) is 5.69 Å². The number of hydrogen-bond acceptors (Lipinski definition) is 5. The van der Waals surface area contributed by atoms with Crippen LogP contribution in [0.25, 0.3) is 16.9 Å². The number of imidazole rings is 1. The quantitative estimate of drug-likeness (QED) is 0.529. The number of carbonyl (C=O) groups is 1. The third-order valence-corrected chi connectivity index (χ3v) is 6.94. The molecule has 0 aliphatic rings. The van der Waals surface area contributed by atoms with E-state index >= 15 is 0 Å². The second-order valence-corrected chi connectivity index (χ2v) is 9.58. The molecule has 0 aliphatic heterocycles. The molecule has 7 nitrogen and oxygen atoms in total. The Labute approximate surface area is 174 Å². The molecule has 2 aromatic heterocycles. The predicted octanol–water partition coefficient (Wildman–Crippen LogP) is 3.85. The molecular weight excluding hydrogens is 400 g/mol. The summed E-state index contributed by atoms with van der Waals surface area (Å²) >= 11 is 0. The van der Waals surface area contributed by atoms with E-state index in [1.807, 2.05) is 28.8 Å². The molecule has 8 heteroatoms. The molecule has 2 heterocycles. The maximum absolute atomic E-state index is 12.5. The molecule has 0 fully saturated rings. The van der Waals surface area contributed by atoms with Crippen LogP contribution in [0, 0.1) is 0 Å². The second-order valence-electron chi connectivity index (χ2n) is 7.08. The molecular formula is C22H20N4O3S. The zero-order chi connectivity index (χ0) is 21.3. The Kier molecular flexibility index (Phi) is 5.09. The van der Waals surface area contributed by atoms with Crippen molar-refractivity contribution in [3.63, 3.8) is 0 Å². The molecule has 0 radical (unpaired) electrons. The van der Waals surface area contributed by atoms with Gasteiger partial charge in [0, 0.05) is 5.56 Å². The highest BCUT2D eigenvalue weighted by atomic mass is 32.2. The van der Waals surface area contributed by atoms with E-state index in [-0.39, 0.29) is 10.8 Å². The molecule has 0 aliphatic carbocycles. The summed E-state index contributed by atoms with van der Waals surface area (Å²) in [5.74, 6) is 0.344. The third kappa shape index (κ3) is 3.69. The number of aromatic nitrogens is 3. The minimum absolute atomic E-state index is 0.202. The van der Waals surface area contributed by atoms with Gasteiger partial charge in [0.15, 0.2) is 9.84 Å². The van der Waals surface area contributed by atoms with E-state index in [1.165, 1.54) is 24.3 Å². The Balaban J connectivity index is 1.50. The molecule has 0 spiro atoms. The van der Waals surface area contributed by atoms with Gasteiger partial charge in [-0.3, -0.25) is 9.36 Å². The van der Waals surface area contributed by atoms with Crippen LogP contribution in [0.2, 0.25) is 0 Å². The van der Waals surface area contributed by atoms with Crippen LogP contribution >= 0.6 is 0 Å². The zero-order valence-electron chi connectivity index (χ0n) is 16.5. The first kappa shape index (κ1) is 19.8. The van der Waals surface area contributed by atoms with Gasteiger partial charge in [0.1, 0.15) is 12.1 Å². The van der Waals surface area contributed by atoms with Crippen LogP contribution in [0.15, 0.2) is 78.1 Å². The minimum atomic E-state index is -3.37. The fraction of sp³-hybridized carbons (Fsp3) is 0.136. The Morgan fingerprint density at radius 2 is 1.70 bits per heavy atom. The summed E-state index contributed by atoms with van der Waals surface area (Å²) in [6.07, 6.45) is 3.28. The van der Waals surface area contributed by atoms with Crippen LogP contribution < -0.4 is 5.32 Å². The van der Waals surface area contributed by atoms with Crippen molar-refractivity contribution in [1.82, 2.24) is 14.5 Å². The maximum Gasteiger partial charge on any atom is 0.255 e. The lowest BCUT2D eigenvalue weighted by Crippen LogP contribution is -2.15. The Morgan fingerprint density at radius 3 is 2.37 bits per heavy atom.